The van der Waals surface area contributed by atoms with E-state index in [1.54, 1.807) is 0 Å². The van der Waals surface area contributed by atoms with E-state index in [1.807, 2.05) is 6.26 Å². The Morgan fingerprint density at radius 2 is 1.60 bits per heavy atom. The topological polar surface area (TPSA) is 20.3 Å². The molecule has 1 fully saturated rings. The second-order valence-corrected chi connectivity index (χ2v) is 7.27. The Hall–Kier alpha value is 0.330. The van der Waals surface area contributed by atoms with Crippen molar-refractivity contribution in [2.75, 3.05) is 6.26 Å². The molecule has 0 aromatic rings. The molecule has 88 valence electrons. The molecule has 0 radical (unpaired) electrons. The molecule has 1 aliphatic rings. The summed E-state index contributed by atoms with van der Waals surface area (Å²) < 4.78 is 2.49. The molecular formula is C11H21NOS2. The lowest BCUT2D eigenvalue weighted by Crippen LogP contribution is -2.54. The molecular weight excluding hydrogens is 226 g/mol. The van der Waals surface area contributed by atoms with Gasteiger partial charge < -0.3 is 0 Å². The summed E-state index contributed by atoms with van der Waals surface area (Å²) in [6.45, 7) is 8.92. The Labute approximate surface area is 102 Å². The van der Waals surface area contributed by atoms with Gasteiger partial charge in [0.05, 0.1) is 0 Å². The molecule has 0 amide bonds. The lowest BCUT2D eigenvalue weighted by atomic mass is 9.83. The van der Waals surface area contributed by atoms with Gasteiger partial charge in [-0.25, -0.2) is 4.31 Å². The fraction of sp³-hybridized carbons (Fsp3) is 0.909. The van der Waals surface area contributed by atoms with Gasteiger partial charge in [0, 0.05) is 23.0 Å². The van der Waals surface area contributed by atoms with E-state index in [1.165, 1.54) is 43.0 Å². The zero-order valence-electron chi connectivity index (χ0n) is 10.3. The van der Waals surface area contributed by atoms with E-state index in [0.717, 1.165) is 0 Å². The van der Waals surface area contributed by atoms with E-state index in [-0.39, 0.29) is 15.5 Å². The number of carbonyl (C=O) groups is 1. The van der Waals surface area contributed by atoms with Gasteiger partial charge in [0.2, 0.25) is 0 Å². The van der Waals surface area contributed by atoms with E-state index >= 15 is 0 Å². The third kappa shape index (κ3) is 3.14. The number of nitrogens with zero attached hydrogens (tertiary/aromatic N) is 1. The average Bonchev–Trinajstić information content (AvgIpc) is 2.10. The van der Waals surface area contributed by atoms with Gasteiger partial charge in [-0.2, -0.15) is 0 Å². The van der Waals surface area contributed by atoms with Gasteiger partial charge in [-0.15, -0.1) is 0 Å². The Morgan fingerprint density at radius 1 is 1.13 bits per heavy atom. The first-order valence-electron chi connectivity index (χ1n) is 5.36. The minimum absolute atomic E-state index is 0.123. The van der Waals surface area contributed by atoms with E-state index in [4.69, 9.17) is 0 Å². The standard InChI is InChI=1S/C11H21NOS2/c1-10(2)7-6-8-11(3,4)12(10)15-9(13)14-5/h6-8H2,1-5H3. The van der Waals surface area contributed by atoms with Gasteiger partial charge >= 0.3 is 0 Å². The highest BCUT2D eigenvalue weighted by Crippen LogP contribution is 2.44. The Morgan fingerprint density at radius 3 is 2.00 bits per heavy atom. The van der Waals surface area contributed by atoms with Crippen molar-refractivity contribution in [3.8, 4) is 0 Å². The van der Waals surface area contributed by atoms with Crippen molar-refractivity contribution in [2.24, 2.45) is 0 Å². The van der Waals surface area contributed by atoms with Crippen LogP contribution in [0.4, 0.5) is 4.79 Å². The van der Waals surface area contributed by atoms with E-state index in [2.05, 4.69) is 32.0 Å². The summed E-state index contributed by atoms with van der Waals surface area (Å²) in [5.41, 5.74) is 0.246. The molecule has 0 unspecified atom stereocenters. The van der Waals surface area contributed by atoms with E-state index in [0.29, 0.717) is 0 Å². The van der Waals surface area contributed by atoms with Crippen LogP contribution in [-0.2, 0) is 0 Å². The lowest BCUT2D eigenvalue weighted by Gasteiger charge is -2.51. The number of piperidine rings is 1. The predicted octanol–water partition coefficient (Wildman–Crippen LogP) is 4.16. The second kappa shape index (κ2) is 4.68. The molecule has 0 saturated carbocycles. The molecule has 0 spiro atoms. The van der Waals surface area contributed by atoms with Gasteiger partial charge in [-0.3, -0.25) is 4.79 Å². The first-order valence-corrected chi connectivity index (χ1v) is 7.36. The van der Waals surface area contributed by atoms with Crippen molar-refractivity contribution >= 4 is 28.2 Å². The number of thioether (sulfide) groups is 1. The van der Waals surface area contributed by atoms with E-state index < -0.39 is 0 Å². The molecule has 4 heteroatoms. The van der Waals surface area contributed by atoms with Crippen LogP contribution in [0.2, 0.25) is 0 Å². The monoisotopic (exact) mass is 247 g/mol. The molecule has 1 heterocycles. The van der Waals surface area contributed by atoms with Crippen LogP contribution in [0.25, 0.3) is 0 Å². The number of hydrogen-bond acceptors (Lipinski definition) is 4. The molecule has 0 aromatic carbocycles. The van der Waals surface area contributed by atoms with Crippen LogP contribution in [0.5, 0.6) is 0 Å². The summed E-state index contributed by atoms with van der Waals surface area (Å²) in [5, 5.41) is 0. The maximum absolute atomic E-state index is 11.5. The van der Waals surface area contributed by atoms with Crippen LogP contribution >= 0.6 is 23.7 Å². The van der Waals surface area contributed by atoms with Crippen LogP contribution in [-0.4, -0.2) is 26.1 Å². The lowest BCUT2D eigenvalue weighted by molar-refractivity contribution is 0.0685. The average molecular weight is 247 g/mol. The van der Waals surface area contributed by atoms with Crippen LogP contribution < -0.4 is 0 Å². The Balaban J connectivity index is 2.81. The second-order valence-electron chi connectivity index (χ2n) is 5.32. The Kier molecular flexibility index (Phi) is 4.18. The summed E-state index contributed by atoms with van der Waals surface area (Å²) >= 11 is 2.69. The molecule has 0 atom stereocenters. The number of carbonyl (C=O) groups excluding carboxylic acids is 1. The zero-order chi connectivity index (χ0) is 11.7. The maximum atomic E-state index is 11.5. The summed E-state index contributed by atoms with van der Waals surface area (Å²) in [5.74, 6) is 0. The summed E-state index contributed by atoms with van der Waals surface area (Å²) in [7, 11) is 0. The highest BCUT2D eigenvalue weighted by molar-refractivity contribution is 8.37. The number of hydrogen-bond donors (Lipinski definition) is 0. The van der Waals surface area contributed by atoms with Crippen LogP contribution in [0, 0.1) is 0 Å². The van der Waals surface area contributed by atoms with Crippen molar-refractivity contribution < 1.29 is 4.79 Å². The van der Waals surface area contributed by atoms with Crippen molar-refractivity contribution in [3.05, 3.63) is 0 Å². The molecule has 1 aliphatic heterocycles. The van der Waals surface area contributed by atoms with Gasteiger partial charge in [0.15, 0.2) is 0 Å². The molecule has 1 rings (SSSR count). The third-order valence-corrected chi connectivity index (χ3v) is 5.39. The third-order valence-electron chi connectivity index (χ3n) is 3.01. The molecule has 0 N–H and O–H groups in total. The molecule has 0 aliphatic carbocycles. The quantitative estimate of drug-likeness (QED) is 0.648. The summed E-state index contributed by atoms with van der Waals surface area (Å²) in [4.78, 5) is 11.5. The van der Waals surface area contributed by atoms with Gasteiger partial charge in [0.25, 0.3) is 4.45 Å². The highest BCUT2D eigenvalue weighted by atomic mass is 32.2. The largest absolute Gasteiger partial charge is 0.273 e. The van der Waals surface area contributed by atoms with Crippen LogP contribution in [0.1, 0.15) is 47.0 Å². The smallest absolute Gasteiger partial charge is 0.260 e. The first kappa shape index (κ1) is 13.4. The molecule has 15 heavy (non-hydrogen) atoms. The summed E-state index contributed by atoms with van der Waals surface area (Å²) in [6.07, 6.45) is 5.44. The van der Waals surface area contributed by atoms with Crippen molar-refractivity contribution in [2.45, 2.75) is 58.0 Å². The van der Waals surface area contributed by atoms with Gasteiger partial charge in [-0.1, -0.05) is 11.8 Å². The fourth-order valence-electron chi connectivity index (χ4n) is 2.33. The summed E-state index contributed by atoms with van der Waals surface area (Å²) in [6, 6.07) is 0. The fourth-order valence-corrected chi connectivity index (χ4v) is 3.68. The molecule has 1 saturated heterocycles. The minimum atomic E-state index is 0.123. The molecule has 2 nitrogen and oxygen atoms in total. The van der Waals surface area contributed by atoms with Gasteiger partial charge in [0.1, 0.15) is 0 Å². The van der Waals surface area contributed by atoms with Crippen LogP contribution in [0.15, 0.2) is 0 Å². The first-order chi connectivity index (χ1) is 6.79. The minimum Gasteiger partial charge on any atom is -0.273 e. The molecule has 0 bridgehead atoms. The van der Waals surface area contributed by atoms with Crippen LogP contribution in [0.3, 0.4) is 0 Å². The zero-order valence-corrected chi connectivity index (χ0v) is 11.9. The van der Waals surface area contributed by atoms with Crippen molar-refractivity contribution in [1.29, 1.82) is 0 Å². The molecule has 0 aromatic heterocycles. The van der Waals surface area contributed by atoms with Crippen molar-refractivity contribution in [3.63, 3.8) is 0 Å². The number of rotatable bonds is 1. The van der Waals surface area contributed by atoms with Crippen molar-refractivity contribution in [1.82, 2.24) is 4.31 Å². The SMILES string of the molecule is CSC(=O)SN1C(C)(C)CCCC1(C)C. The Bertz CT molecular complexity index is 235. The normalized spacial score (nSPS) is 25.1. The van der Waals surface area contributed by atoms with Gasteiger partial charge in [-0.05, 0) is 53.2 Å². The predicted molar refractivity (Wildman–Crippen MR) is 70.4 cm³/mol. The maximum Gasteiger partial charge on any atom is 0.260 e. The van der Waals surface area contributed by atoms with E-state index in [9.17, 15) is 4.79 Å². The highest BCUT2D eigenvalue weighted by Gasteiger charge is 2.42.